The summed E-state index contributed by atoms with van der Waals surface area (Å²) in [6, 6.07) is 18.5. The lowest BCUT2D eigenvalue weighted by Crippen LogP contribution is -2.28. The van der Waals surface area contributed by atoms with Gasteiger partial charge < -0.3 is 4.42 Å². The van der Waals surface area contributed by atoms with Crippen LogP contribution in [-0.2, 0) is 11.3 Å². The van der Waals surface area contributed by atoms with E-state index in [1.165, 1.54) is 22.9 Å². The van der Waals surface area contributed by atoms with Crippen LogP contribution in [0.1, 0.15) is 16.9 Å². The van der Waals surface area contributed by atoms with E-state index < -0.39 is 0 Å². The molecule has 0 unspecified atom stereocenters. The van der Waals surface area contributed by atoms with E-state index in [1.807, 2.05) is 42.5 Å². The fourth-order valence-corrected chi connectivity index (χ4v) is 4.03. The van der Waals surface area contributed by atoms with Gasteiger partial charge in [-0.1, -0.05) is 65.7 Å². The second-order valence-electron chi connectivity index (χ2n) is 6.26. The molecule has 1 aliphatic rings. The van der Waals surface area contributed by atoms with Crippen molar-refractivity contribution in [3.63, 3.8) is 0 Å². The zero-order valence-corrected chi connectivity index (χ0v) is 17.9. The molecule has 30 heavy (non-hydrogen) atoms. The molecular weight excluding hydrogens is 441 g/mol. The van der Waals surface area contributed by atoms with Crippen LogP contribution >= 0.6 is 35.0 Å². The van der Waals surface area contributed by atoms with E-state index in [2.05, 4.69) is 10.2 Å². The quantitative estimate of drug-likeness (QED) is 0.265. The highest BCUT2D eigenvalue weighted by atomic mass is 35.5. The smallest absolute Gasteiger partial charge is 0.267 e. The monoisotopic (exact) mass is 455 g/mol. The zero-order chi connectivity index (χ0) is 20.9. The van der Waals surface area contributed by atoms with E-state index in [-0.39, 0.29) is 12.5 Å². The number of hydrogen-bond donors (Lipinski definition) is 0. The summed E-state index contributed by atoms with van der Waals surface area (Å²) in [6.07, 6.45) is 4.91. The van der Waals surface area contributed by atoms with E-state index in [1.54, 1.807) is 30.5 Å². The maximum Gasteiger partial charge on any atom is 0.267 e. The number of carbonyl (C=O) groups is 1. The minimum atomic E-state index is -0.157. The second kappa shape index (κ2) is 9.34. The Morgan fingerprint density at radius 3 is 2.63 bits per heavy atom. The van der Waals surface area contributed by atoms with Crippen molar-refractivity contribution < 1.29 is 9.21 Å². The first-order valence-electron chi connectivity index (χ1n) is 8.96. The first-order valence-corrected chi connectivity index (χ1v) is 10.5. The molecule has 0 aliphatic carbocycles. The van der Waals surface area contributed by atoms with Crippen LogP contribution in [0.25, 0.3) is 6.08 Å². The van der Waals surface area contributed by atoms with Gasteiger partial charge in [-0.15, -0.1) is 5.10 Å². The summed E-state index contributed by atoms with van der Waals surface area (Å²) in [5, 5.41) is 9.68. The molecule has 8 heteroatoms. The summed E-state index contributed by atoms with van der Waals surface area (Å²) < 4.78 is 5.40. The minimum absolute atomic E-state index is 0.157. The van der Waals surface area contributed by atoms with Gasteiger partial charge in [0.25, 0.3) is 5.91 Å². The summed E-state index contributed by atoms with van der Waals surface area (Å²) in [4.78, 5) is 15.1. The van der Waals surface area contributed by atoms with Crippen LogP contribution in [0.4, 0.5) is 0 Å². The Morgan fingerprint density at radius 1 is 1.03 bits per heavy atom. The summed E-state index contributed by atoms with van der Waals surface area (Å²) in [5.74, 6) is 0.495. The van der Waals surface area contributed by atoms with Crippen molar-refractivity contribution in [2.75, 3.05) is 0 Å². The third-order valence-electron chi connectivity index (χ3n) is 4.20. The molecule has 0 spiro atoms. The van der Waals surface area contributed by atoms with Crippen LogP contribution in [0.5, 0.6) is 0 Å². The van der Waals surface area contributed by atoms with Gasteiger partial charge in [-0.2, -0.15) is 5.10 Å². The van der Waals surface area contributed by atoms with E-state index in [0.29, 0.717) is 31.4 Å². The van der Waals surface area contributed by atoms with Gasteiger partial charge in [0, 0.05) is 5.56 Å². The van der Waals surface area contributed by atoms with Crippen LogP contribution in [0.15, 0.2) is 86.5 Å². The number of halogens is 2. The molecule has 3 aromatic rings. The van der Waals surface area contributed by atoms with Gasteiger partial charge in [0.2, 0.25) is 0 Å². The summed E-state index contributed by atoms with van der Waals surface area (Å²) in [5.41, 5.74) is 1.57. The number of furan rings is 1. The maximum atomic E-state index is 13.0. The third-order valence-corrected chi connectivity index (χ3v) is 6.03. The van der Waals surface area contributed by atoms with E-state index >= 15 is 0 Å². The summed E-state index contributed by atoms with van der Waals surface area (Å²) >= 11 is 13.5. The molecule has 1 fully saturated rings. The van der Waals surface area contributed by atoms with E-state index in [0.717, 1.165) is 5.56 Å². The van der Waals surface area contributed by atoms with Crippen molar-refractivity contribution in [1.29, 1.82) is 0 Å². The molecule has 0 bridgehead atoms. The first kappa shape index (κ1) is 20.5. The van der Waals surface area contributed by atoms with Crippen molar-refractivity contribution in [2.24, 2.45) is 10.2 Å². The van der Waals surface area contributed by atoms with Crippen LogP contribution in [0.2, 0.25) is 10.0 Å². The highest BCUT2D eigenvalue weighted by molar-refractivity contribution is 8.18. The van der Waals surface area contributed by atoms with Crippen molar-refractivity contribution in [1.82, 2.24) is 4.90 Å². The van der Waals surface area contributed by atoms with Gasteiger partial charge in [0.05, 0.1) is 34.0 Å². The predicted molar refractivity (Wildman–Crippen MR) is 123 cm³/mol. The number of hydrogen-bond acceptors (Lipinski definition) is 5. The Morgan fingerprint density at radius 2 is 1.87 bits per heavy atom. The van der Waals surface area contributed by atoms with Crippen LogP contribution in [0, 0.1) is 0 Å². The minimum Gasteiger partial charge on any atom is -0.467 e. The van der Waals surface area contributed by atoms with Gasteiger partial charge in [-0.05, 0) is 41.6 Å². The molecule has 150 valence electrons. The van der Waals surface area contributed by atoms with Crippen molar-refractivity contribution in [3.8, 4) is 0 Å². The Bertz CT molecular complexity index is 1140. The molecule has 1 saturated heterocycles. The van der Waals surface area contributed by atoms with E-state index in [9.17, 15) is 4.79 Å². The number of rotatable bonds is 5. The molecule has 4 rings (SSSR count). The lowest BCUT2D eigenvalue weighted by atomic mass is 10.2. The van der Waals surface area contributed by atoms with Gasteiger partial charge >= 0.3 is 0 Å². The highest BCUT2D eigenvalue weighted by Crippen LogP contribution is 2.34. The fourth-order valence-electron chi connectivity index (χ4n) is 2.74. The Kier molecular flexibility index (Phi) is 6.38. The van der Waals surface area contributed by atoms with Gasteiger partial charge in [0.15, 0.2) is 5.17 Å². The third kappa shape index (κ3) is 4.67. The Balaban J connectivity index is 1.63. The number of thioether (sulfide) groups is 1. The molecule has 1 aliphatic heterocycles. The lowest BCUT2D eigenvalue weighted by molar-refractivity contribution is -0.122. The summed E-state index contributed by atoms with van der Waals surface area (Å²) in [7, 11) is 0. The van der Waals surface area contributed by atoms with Crippen molar-refractivity contribution in [2.45, 2.75) is 6.54 Å². The highest BCUT2D eigenvalue weighted by Gasteiger charge is 2.34. The number of benzene rings is 2. The van der Waals surface area contributed by atoms with Crippen LogP contribution in [-0.4, -0.2) is 22.2 Å². The topological polar surface area (TPSA) is 58.2 Å². The maximum absolute atomic E-state index is 13.0. The molecule has 5 nitrogen and oxygen atoms in total. The molecule has 0 N–H and O–H groups in total. The second-order valence-corrected chi connectivity index (χ2v) is 8.06. The number of amides is 1. The molecule has 1 amide bonds. The predicted octanol–water partition coefficient (Wildman–Crippen LogP) is 6.09. The SMILES string of the molecule is O=C1/C(=C/c2ccccc2)S/C(=N/N=C\c2cccc(Cl)c2Cl)N1Cc1ccco1. The molecule has 0 atom stereocenters. The van der Waals surface area contributed by atoms with Crippen LogP contribution < -0.4 is 0 Å². The van der Waals surface area contributed by atoms with Gasteiger partial charge in [-0.25, -0.2) is 0 Å². The molecule has 1 aromatic heterocycles. The Labute approximate surface area is 187 Å². The number of nitrogens with zero attached hydrogens (tertiary/aromatic N) is 3. The number of amidine groups is 1. The molecule has 2 heterocycles. The fraction of sp³-hybridized carbons (Fsp3) is 0.0455. The van der Waals surface area contributed by atoms with Gasteiger partial charge in [-0.3, -0.25) is 9.69 Å². The Hall–Kier alpha value is -2.80. The lowest BCUT2D eigenvalue weighted by Gasteiger charge is -2.12. The summed E-state index contributed by atoms with van der Waals surface area (Å²) in [6.45, 7) is 0.261. The molecule has 2 aromatic carbocycles. The molecular formula is C22H15Cl2N3O2S. The zero-order valence-electron chi connectivity index (χ0n) is 15.5. The number of carbonyl (C=O) groups excluding carboxylic acids is 1. The molecule has 0 saturated carbocycles. The largest absolute Gasteiger partial charge is 0.467 e. The van der Waals surface area contributed by atoms with Crippen LogP contribution in [0.3, 0.4) is 0 Å². The first-order chi connectivity index (χ1) is 14.6. The average Bonchev–Trinajstić information content (AvgIpc) is 3.36. The standard InChI is InChI=1S/C22H15Cl2N3O2S/c23-18-10-4-8-16(20(18)24)13-25-26-22-27(14-17-9-5-11-29-17)21(28)19(30-22)12-15-6-2-1-3-7-15/h1-13H,14H2/b19-12-,25-13-,26-22+. The normalized spacial score (nSPS) is 17.0. The average molecular weight is 456 g/mol. The molecule has 0 radical (unpaired) electrons. The van der Waals surface area contributed by atoms with Crippen molar-refractivity contribution in [3.05, 3.63) is 98.8 Å². The van der Waals surface area contributed by atoms with Gasteiger partial charge in [0.1, 0.15) is 5.76 Å². The van der Waals surface area contributed by atoms with Crippen molar-refractivity contribution >= 4 is 58.3 Å². The van der Waals surface area contributed by atoms with E-state index in [4.69, 9.17) is 27.6 Å².